The summed E-state index contributed by atoms with van der Waals surface area (Å²) < 4.78 is 11.2. The molecular weight excluding hydrogens is 400 g/mol. The number of nitrogens with two attached hydrogens (primary N) is 2. The van der Waals surface area contributed by atoms with E-state index in [0.717, 1.165) is 0 Å². The first-order valence-corrected chi connectivity index (χ1v) is 8.68. The van der Waals surface area contributed by atoms with Gasteiger partial charge in [-0.15, -0.1) is 0 Å². The average Bonchev–Trinajstić information content (AvgIpc) is 2.70. The lowest BCUT2D eigenvalue weighted by atomic mass is 10.3. The molecule has 0 aliphatic rings. The standard InChI is InChI=1S/C18H15ClN6O4/c1-2-28-10-5-3-4-6-11(10)29-13-12(16(21)27)24-18(25-14(13)19)17-22-8-7-9(23-17)15(20)26/h3-8H,2H2,1H3,(H2,20,26)(H2,21,27). The fraction of sp³-hybridized carbons (Fsp3) is 0.111. The molecule has 3 aromatic rings. The van der Waals surface area contributed by atoms with E-state index in [1.165, 1.54) is 12.3 Å². The first-order chi connectivity index (χ1) is 13.9. The second-order valence-corrected chi connectivity index (χ2v) is 5.85. The molecule has 2 heterocycles. The van der Waals surface area contributed by atoms with Gasteiger partial charge < -0.3 is 20.9 Å². The molecule has 148 valence electrons. The van der Waals surface area contributed by atoms with Crippen molar-refractivity contribution in [1.82, 2.24) is 19.9 Å². The normalized spacial score (nSPS) is 10.4. The van der Waals surface area contributed by atoms with Gasteiger partial charge >= 0.3 is 0 Å². The Morgan fingerprint density at radius 3 is 2.38 bits per heavy atom. The number of carbonyl (C=O) groups is 2. The van der Waals surface area contributed by atoms with Crippen LogP contribution in [0.15, 0.2) is 36.5 Å². The van der Waals surface area contributed by atoms with Crippen LogP contribution < -0.4 is 20.9 Å². The molecule has 0 unspecified atom stereocenters. The molecule has 3 rings (SSSR count). The first-order valence-electron chi connectivity index (χ1n) is 8.31. The monoisotopic (exact) mass is 414 g/mol. The van der Waals surface area contributed by atoms with Crippen LogP contribution in [0.1, 0.15) is 27.9 Å². The molecule has 0 spiro atoms. The number of halogens is 1. The van der Waals surface area contributed by atoms with Crippen LogP contribution in [0.25, 0.3) is 11.6 Å². The number of nitrogens with zero attached hydrogens (tertiary/aromatic N) is 4. The largest absolute Gasteiger partial charge is 0.490 e. The van der Waals surface area contributed by atoms with E-state index >= 15 is 0 Å². The highest BCUT2D eigenvalue weighted by Crippen LogP contribution is 2.36. The Labute approximate surface area is 169 Å². The number of hydrogen-bond acceptors (Lipinski definition) is 8. The van der Waals surface area contributed by atoms with Gasteiger partial charge in [0.25, 0.3) is 11.8 Å². The first kappa shape index (κ1) is 20.0. The number of benzene rings is 1. The van der Waals surface area contributed by atoms with E-state index < -0.39 is 11.8 Å². The number of primary amides is 2. The Morgan fingerprint density at radius 1 is 1.00 bits per heavy atom. The van der Waals surface area contributed by atoms with Crippen LogP contribution in [-0.2, 0) is 0 Å². The molecule has 0 bridgehead atoms. The van der Waals surface area contributed by atoms with Crippen molar-refractivity contribution in [2.45, 2.75) is 6.92 Å². The molecule has 29 heavy (non-hydrogen) atoms. The number of ether oxygens (including phenoxy) is 2. The van der Waals surface area contributed by atoms with Crippen molar-refractivity contribution in [3.8, 4) is 28.9 Å². The van der Waals surface area contributed by atoms with Gasteiger partial charge in [-0.1, -0.05) is 23.7 Å². The summed E-state index contributed by atoms with van der Waals surface area (Å²) in [6.07, 6.45) is 1.30. The van der Waals surface area contributed by atoms with Crippen LogP contribution in [0.5, 0.6) is 17.2 Å². The minimum atomic E-state index is -0.912. The Kier molecular flexibility index (Phi) is 5.84. The molecule has 0 aliphatic heterocycles. The van der Waals surface area contributed by atoms with Gasteiger partial charge in [0, 0.05) is 6.20 Å². The van der Waals surface area contributed by atoms with Gasteiger partial charge in [-0.3, -0.25) is 9.59 Å². The van der Waals surface area contributed by atoms with Gasteiger partial charge in [-0.2, -0.15) is 0 Å². The van der Waals surface area contributed by atoms with Crippen LogP contribution in [-0.4, -0.2) is 38.4 Å². The van der Waals surface area contributed by atoms with Gasteiger partial charge in [0.15, 0.2) is 39.7 Å². The summed E-state index contributed by atoms with van der Waals surface area (Å²) >= 11 is 6.24. The SMILES string of the molecule is CCOc1ccccc1Oc1c(Cl)nc(-c2nccc(C(N)=O)n2)nc1C(N)=O. The zero-order valence-electron chi connectivity index (χ0n) is 15.1. The summed E-state index contributed by atoms with van der Waals surface area (Å²) in [4.78, 5) is 39.4. The third-order valence-corrected chi connectivity index (χ3v) is 3.78. The van der Waals surface area contributed by atoms with E-state index in [-0.39, 0.29) is 33.9 Å². The quantitative estimate of drug-likeness (QED) is 0.555. The molecule has 0 saturated carbocycles. The molecule has 0 aliphatic carbocycles. The zero-order valence-corrected chi connectivity index (χ0v) is 15.9. The van der Waals surface area contributed by atoms with Gasteiger partial charge in [0.1, 0.15) is 5.69 Å². The second-order valence-electron chi connectivity index (χ2n) is 5.49. The highest BCUT2D eigenvalue weighted by molar-refractivity contribution is 6.31. The van der Waals surface area contributed by atoms with Crippen molar-refractivity contribution in [2.24, 2.45) is 11.5 Å². The fourth-order valence-electron chi connectivity index (χ4n) is 2.30. The molecule has 4 N–H and O–H groups in total. The van der Waals surface area contributed by atoms with E-state index in [0.29, 0.717) is 18.1 Å². The second kappa shape index (κ2) is 8.48. The van der Waals surface area contributed by atoms with E-state index in [4.69, 9.17) is 32.5 Å². The van der Waals surface area contributed by atoms with E-state index in [1.807, 2.05) is 6.92 Å². The lowest BCUT2D eigenvalue weighted by Gasteiger charge is -2.14. The van der Waals surface area contributed by atoms with Crippen LogP contribution in [0.4, 0.5) is 0 Å². The molecule has 0 radical (unpaired) electrons. The van der Waals surface area contributed by atoms with Crippen molar-refractivity contribution < 1.29 is 19.1 Å². The highest BCUT2D eigenvalue weighted by Gasteiger charge is 2.23. The molecule has 10 nitrogen and oxygen atoms in total. The molecule has 2 amide bonds. The molecule has 2 aromatic heterocycles. The molecule has 0 saturated heterocycles. The summed E-state index contributed by atoms with van der Waals surface area (Å²) in [5, 5.41) is -0.205. The minimum Gasteiger partial charge on any atom is -0.490 e. The maximum Gasteiger partial charge on any atom is 0.271 e. The molecular formula is C18H15ClN6O4. The van der Waals surface area contributed by atoms with Crippen molar-refractivity contribution in [2.75, 3.05) is 6.61 Å². The molecule has 1 aromatic carbocycles. The predicted octanol–water partition coefficient (Wildman–Crippen LogP) is 1.98. The predicted molar refractivity (Wildman–Crippen MR) is 103 cm³/mol. The van der Waals surface area contributed by atoms with Gasteiger partial charge in [0.2, 0.25) is 0 Å². The smallest absolute Gasteiger partial charge is 0.271 e. The van der Waals surface area contributed by atoms with Gasteiger partial charge in [-0.25, -0.2) is 19.9 Å². The van der Waals surface area contributed by atoms with E-state index in [2.05, 4.69) is 19.9 Å². The number of para-hydroxylation sites is 2. The Hall–Kier alpha value is -3.79. The van der Waals surface area contributed by atoms with Crippen LogP contribution in [0.2, 0.25) is 5.15 Å². The molecule has 11 heteroatoms. The number of hydrogen-bond donors (Lipinski definition) is 2. The summed E-state index contributed by atoms with van der Waals surface area (Å²) in [5.41, 5.74) is 10.3. The Bertz CT molecular complexity index is 1090. The van der Waals surface area contributed by atoms with E-state index in [1.54, 1.807) is 24.3 Å². The average molecular weight is 415 g/mol. The van der Waals surface area contributed by atoms with E-state index in [9.17, 15) is 9.59 Å². The summed E-state index contributed by atoms with van der Waals surface area (Å²) in [6, 6.07) is 8.12. The van der Waals surface area contributed by atoms with Crippen LogP contribution in [0, 0.1) is 0 Å². The summed E-state index contributed by atoms with van der Waals surface area (Å²) in [6.45, 7) is 2.22. The molecule has 0 atom stereocenters. The van der Waals surface area contributed by atoms with Crippen molar-refractivity contribution in [3.63, 3.8) is 0 Å². The van der Waals surface area contributed by atoms with Gasteiger partial charge in [-0.05, 0) is 25.1 Å². The number of carbonyl (C=O) groups excluding carboxylic acids is 2. The maximum absolute atomic E-state index is 12.0. The maximum atomic E-state index is 12.0. The number of rotatable bonds is 7. The lowest BCUT2D eigenvalue weighted by molar-refractivity contribution is 0.0985. The lowest BCUT2D eigenvalue weighted by Crippen LogP contribution is -2.17. The van der Waals surface area contributed by atoms with Gasteiger partial charge in [0.05, 0.1) is 6.61 Å². The van der Waals surface area contributed by atoms with Crippen molar-refractivity contribution in [3.05, 3.63) is 53.1 Å². The topological polar surface area (TPSA) is 156 Å². The molecule has 0 fully saturated rings. The Balaban J connectivity index is 2.08. The third kappa shape index (κ3) is 4.38. The number of aromatic nitrogens is 4. The zero-order chi connectivity index (χ0) is 21.0. The number of amides is 2. The van der Waals surface area contributed by atoms with Crippen LogP contribution >= 0.6 is 11.6 Å². The van der Waals surface area contributed by atoms with Crippen molar-refractivity contribution in [1.29, 1.82) is 0 Å². The summed E-state index contributed by atoms with van der Waals surface area (Å²) in [7, 11) is 0. The highest BCUT2D eigenvalue weighted by atomic mass is 35.5. The van der Waals surface area contributed by atoms with Crippen molar-refractivity contribution >= 4 is 23.4 Å². The Morgan fingerprint density at radius 2 is 1.72 bits per heavy atom. The fourth-order valence-corrected chi connectivity index (χ4v) is 2.51. The third-order valence-electron chi connectivity index (χ3n) is 3.53. The minimum absolute atomic E-state index is 0.0543. The van der Waals surface area contributed by atoms with Crippen LogP contribution in [0.3, 0.4) is 0 Å². The summed E-state index contributed by atoms with van der Waals surface area (Å²) in [5.74, 6) is -1.29.